The van der Waals surface area contributed by atoms with Crippen molar-refractivity contribution in [1.82, 2.24) is 5.32 Å². The van der Waals surface area contributed by atoms with Crippen molar-refractivity contribution in [3.63, 3.8) is 0 Å². The molecule has 1 fully saturated rings. The summed E-state index contributed by atoms with van der Waals surface area (Å²) >= 11 is 0. The van der Waals surface area contributed by atoms with Crippen LogP contribution in [0.4, 0.5) is 17.6 Å². The van der Waals surface area contributed by atoms with Crippen LogP contribution in [0.25, 0.3) is 0 Å². The van der Waals surface area contributed by atoms with Gasteiger partial charge in [-0.25, -0.2) is 4.39 Å². The van der Waals surface area contributed by atoms with Crippen LogP contribution in [0.1, 0.15) is 38.8 Å². The molecule has 1 aromatic rings. The lowest BCUT2D eigenvalue weighted by molar-refractivity contribution is -0.138. The predicted molar refractivity (Wildman–Crippen MR) is 74.2 cm³/mol. The molecule has 0 saturated heterocycles. The minimum absolute atomic E-state index is 0.0835. The van der Waals surface area contributed by atoms with E-state index in [0.717, 1.165) is 6.07 Å². The molecule has 0 bridgehead atoms. The minimum Gasteiger partial charge on any atom is -0.312 e. The van der Waals surface area contributed by atoms with Gasteiger partial charge in [0.25, 0.3) is 0 Å². The normalized spacial score (nSPS) is 20.6. The highest BCUT2D eigenvalue weighted by Gasteiger charge is 2.63. The Kier molecular flexibility index (Phi) is 3.85. The molecule has 118 valence electrons. The van der Waals surface area contributed by atoms with Crippen LogP contribution in [0.3, 0.4) is 0 Å². The molecule has 1 aliphatic rings. The molecular formula is C16H21F4N. The largest absolute Gasteiger partial charge is 0.416 e. The maximum absolute atomic E-state index is 13.0. The van der Waals surface area contributed by atoms with Crippen molar-refractivity contribution >= 4 is 0 Å². The molecule has 0 radical (unpaired) electrons. The van der Waals surface area contributed by atoms with Crippen molar-refractivity contribution < 1.29 is 17.6 Å². The first-order valence-corrected chi connectivity index (χ1v) is 7.04. The molecule has 0 spiro atoms. The van der Waals surface area contributed by atoms with Crippen LogP contribution in [0.2, 0.25) is 0 Å². The van der Waals surface area contributed by atoms with Crippen LogP contribution >= 0.6 is 0 Å². The Hall–Kier alpha value is -1.10. The summed E-state index contributed by atoms with van der Waals surface area (Å²) in [5, 5.41) is 3.08. The second-order valence-electron chi connectivity index (χ2n) is 6.93. The first-order chi connectivity index (χ1) is 9.48. The summed E-state index contributed by atoms with van der Waals surface area (Å²) in [4.78, 5) is 0. The second-order valence-corrected chi connectivity index (χ2v) is 6.93. The van der Waals surface area contributed by atoms with Crippen molar-refractivity contribution in [3.8, 4) is 0 Å². The van der Waals surface area contributed by atoms with E-state index in [1.165, 1.54) is 6.07 Å². The summed E-state index contributed by atoms with van der Waals surface area (Å²) in [5.74, 6) is -0.435. The molecule has 5 heteroatoms. The molecule has 2 rings (SSSR count). The average Bonchev–Trinajstić information content (AvgIpc) is 2.71. The summed E-state index contributed by atoms with van der Waals surface area (Å²) < 4.78 is 51.7. The SMILES string of the molecule is CC1(C)C(CNCc2ccc(F)cc2C(F)(F)F)C1(C)C. The van der Waals surface area contributed by atoms with Gasteiger partial charge < -0.3 is 5.32 Å². The Morgan fingerprint density at radius 3 is 2.14 bits per heavy atom. The molecule has 1 aromatic carbocycles. The summed E-state index contributed by atoms with van der Waals surface area (Å²) in [7, 11) is 0. The zero-order valence-electron chi connectivity index (χ0n) is 12.7. The van der Waals surface area contributed by atoms with Crippen LogP contribution in [0.15, 0.2) is 18.2 Å². The Balaban J connectivity index is 2.02. The maximum Gasteiger partial charge on any atom is 0.416 e. The van der Waals surface area contributed by atoms with Crippen molar-refractivity contribution in [1.29, 1.82) is 0 Å². The van der Waals surface area contributed by atoms with E-state index in [4.69, 9.17) is 0 Å². The lowest BCUT2D eigenvalue weighted by Gasteiger charge is -2.14. The molecule has 0 atom stereocenters. The molecule has 1 N–H and O–H groups in total. The molecule has 1 aliphatic carbocycles. The highest BCUT2D eigenvalue weighted by molar-refractivity contribution is 5.30. The van der Waals surface area contributed by atoms with Crippen LogP contribution in [-0.4, -0.2) is 6.54 Å². The van der Waals surface area contributed by atoms with Crippen LogP contribution in [0, 0.1) is 22.6 Å². The Morgan fingerprint density at radius 1 is 1.10 bits per heavy atom. The van der Waals surface area contributed by atoms with Crippen molar-refractivity contribution in [2.24, 2.45) is 16.7 Å². The summed E-state index contributed by atoms with van der Waals surface area (Å²) in [5.41, 5.74) is -0.435. The smallest absolute Gasteiger partial charge is 0.312 e. The van der Waals surface area contributed by atoms with Gasteiger partial charge in [-0.1, -0.05) is 33.8 Å². The number of hydrogen-bond donors (Lipinski definition) is 1. The van der Waals surface area contributed by atoms with Gasteiger partial charge in [0.05, 0.1) is 5.56 Å². The van der Waals surface area contributed by atoms with Gasteiger partial charge in [-0.3, -0.25) is 0 Å². The number of alkyl halides is 3. The summed E-state index contributed by atoms with van der Waals surface area (Å²) in [6.07, 6.45) is -4.53. The average molecular weight is 303 g/mol. The van der Waals surface area contributed by atoms with Crippen molar-refractivity contribution in [2.45, 2.75) is 40.4 Å². The van der Waals surface area contributed by atoms with Gasteiger partial charge in [0, 0.05) is 6.54 Å². The van der Waals surface area contributed by atoms with Gasteiger partial charge in [0.15, 0.2) is 0 Å². The van der Waals surface area contributed by atoms with E-state index in [9.17, 15) is 17.6 Å². The van der Waals surface area contributed by atoms with Crippen molar-refractivity contribution in [2.75, 3.05) is 6.54 Å². The van der Waals surface area contributed by atoms with E-state index in [-0.39, 0.29) is 22.9 Å². The quantitative estimate of drug-likeness (QED) is 0.801. The Labute approximate surface area is 122 Å². The molecule has 0 aliphatic heterocycles. The molecule has 0 aromatic heterocycles. The van der Waals surface area contributed by atoms with Crippen LogP contribution < -0.4 is 5.32 Å². The zero-order chi connectivity index (χ0) is 16.1. The van der Waals surface area contributed by atoms with Gasteiger partial charge in [-0.2, -0.15) is 13.2 Å². The lowest BCUT2D eigenvalue weighted by atomic mass is 10.0. The predicted octanol–water partition coefficient (Wildman–Crippen LogP) is 4.62. The monoisotopic (exact) mass is 303 g/mol. The fourth-order valence-electron chi connectivity index (χ4n) is 3.16. The molecule has 0 unspecified atom stereocenters. The first kappa shape index (κ1) is 16.3. The highest BCUT2D eigenvalue weighted by Crippen LogP contribution is 2.67. The van der Waals surface area contributed by atoms with E-state index >= 15 is 0 Å². The standard InChI is InChI=1S/C16H21F4N/c1-14(2)13(15(14,3)4)9-21-8-10-5-6-11(17)7-12(10)16(18,19)20/h5-7,13,21H,8-9H2,1-4H3. The van der Waals surface area contributed by atoms with Gasteiger partial charge in [0.2, 0.25) is 0 Å². The van der Waals surface area contributed by atoms with Gasteiger partial charge in [0.1, 0.15) is 5.82 Å². The third-order valence-corrected chi connectivity index (χ3v) is 5.36. The third kappa shape index (κ3) is 2.93. The summed E-state index contributed by atoms with van der Waals surface area (Å²) in [6, 6.07) is 2.83. The fraction of sp³-hybridized carbons (Fsp3) is 0.625. The molecule has 1 nitrogen and oxygen atoms in total. The number of nitrogens with one attached hydrogen (secondary N) is 1. The van der Waals surface area contributed by atoms with E-state index < -0.39 is 17.6 Å². The Morgan fingerprint density at radius 2 is 1.67 bits per heavy atom. The topological polar surface area (TPSA) is 12.0 Å². The minimum atomic E-state index is -4.53. The lowest BCUT2D eigenvalue weighted by Crippen LogP contribution is -2.21. The van der Waals surface area contributed by atoms with E-state index in [0.29, 0.717) is 18.5 Å². The van der Waals surface area contributed by atoms with E-state index in [2.05, 4.69) is 33.0 Å². The highest BCUT2D eigenvalue weighted by atomic mass is 19.4. The third-order valence-electron chi connectivity index (χ3n) is 5.36. The molecular weight excluding hydrogens is 282 g/mol. The first-order valence-electron chi connectivity index (χ1n) is 7.04. The zero-order valence-corrected chi connectivity index (χ0v) is 12.7. The molecule has 21 heavy (non-hydrogen) atoms. The number of benzene rings is 1. The molecule has 0 heterocycles. The molecule has 0 amide bonds. The van der Waals surface area contributed by atoms with Gasteiger partial charge >= 0.3 is 6.18 Å². The Bertz CT molecular complexity index is 518. The van der Waals surface area contributed by atoms with Gasteiger partial charge in [-0.15, -0.1) is 0 Å². The second kappa shape index (κ2) is 4.97. The van der Waals surface area contributed by atoms with Crippen molar-refractivity contribution in [3.05, 3.63) is 35.1 Å². The van der Waals surface area contributed by atoms with Crippen LogP contribution in [-0.2, 0) is 12.7 Å². The fourth-order valence-corrected chi connectivity index (χ4v) is 3.16. The number of rotatable bonds is 4. The number of halogens is 4. The van der Waals surface area contributed by atoms with Crippen LogP contribution in [0.5, 0.6) is 0 Å². The summed E-state index contributed by atoms with van der Waals surface area (Å²) in [6.45, 7) is 9.42. The maximum atomic E-state index is 13.0. The van der Waals surface area contributed by atoms with E-state index in [1.54, 1.807) is 0 Å². The van der Waals surface area contributed by atoms with E-state index in [1.807, 2.05) is 0 Å². The number of hydrogen-bond acceptors (Lipinski definition) is 1. The molecule has 1 saturated carbocycles. The van der Waals surface area contributed by atoms with Gasteiger partial charge in [-0.05, 0) is 41.0 Å².